The second kappa shape index (κ2) is 17.8. The molecule has 1 radical (unpaired) electrons. The van der Waals surface area contributed by atoms with Crippen molar-refractivity contribution in [1.82, 2.24) is 0 Å². The Morgan fingerprint density at radius 1 is 0.552 bits per heavy atom. The average Bonchev–Trinajstić information content (AvgIpc) is 3.19. The van der Waals surface area contributed by atoms with E-state index in [0.717, 1.165) is 66.0 Å². The third-order valence-electron chi connectivity index (χ3n) is 11.9. The molecule has 0 aromatic heterocycles. The van der Waals surface area contributed by atoms with Gasteiger partial charge in [0, 0.05) is 11.1 Å². The van der Waals surface area contributed by atoms with Gasteiger partial charge in [0.25, 0.3) is 0 Å². The van der Waals surface area contributed by atoms with Gasteiger partial charge in [0.1, 0.15) is 5.75 Å². The predicted molar refractivity (Wildman–Crippen MR) is 251 cm³/mol. The molecule has 5 aromatic rings. The molecule has 4 nitrogen and oxygen atoms in total. The summed E-state index contributed by atoms with van der Waals surface area (Å²) < 4.78 is 4.32. The van der Waals surface area contributed by atoms with E-state index in [0.29, 0.717) is 11.5 Å². The first-order chi connectivity index (χ1) is 27.5. The summed E-state index contributed by atoms with van der Waals surface area (Å²) in [5.41, 5.74) is 5.50. The molecule has 1 aliphatic rings. The van der Waals surface area contributed by atoms with Crippen LogP contribution in [0.5, 0.6) is 11.5 Å². The zero-order valence-electron chi connectivity index (χ0n) is 36.5. The molecule has 1 aliphatic carbocycles. The Bertz CT molecular complexity index is 2090. The van der Waals surface area contributed by atoms with Crippen LogP contribution in [0.3, 0.4) is 0 Å². The number of aliphatic imine (C=N–C) groups is 2. The summed E-state index contributed by atoms with van der Waals surface area (Å²) in [4.78, 5) is 10.3. The normalized spacial score (nSPS) is 17.0. The third kappa shape index (κ3) is 9.89. The van der Waals surface area contributed by atoms with Crippen LogP contribution in [0.25, 0.3) is 0 Å². The van der Waals surface area contributed by atoms with Gasteiger partial charge in [-0.15, -0.1) is 0 Å². The van der Waals surface area contributed by atoms with Gasteiger partial charge in [0.15, 0.2) is 0 Å². The standard InChI is InChI=1S/C53H66AsN2O2/c1-51(2,3)41-32-38(22-21-31-54(43-23-13-10-14-24-43,44-25-15-11-16-26-44)45-27-17-12-18-28-45)49(57)39(33-41)36-55-47-29-19-20-30-48(47)56-37-40-34-42(52(4,5)6)35-46(50(40)58)53(7,8)9/h10-18,23-28,32-37,47-48,57-58H,19-22,29-31H2,1-9H3. The summed E-state index contributed by atoms with van der Waals surface area (Å²) in [7, 11) is 0. The van der Waals surface area contributed by atoms with Gasteiger partial charge in [-0.2, -0.15) is 0 Å². The summed E-state index contributed by atoms with van der Waals surface area (Å²) in [6.07, 6.45) is 9.62. The number of rotatable bonds is 11. The van der Waals surface area contributed by atoms with Crippen molar-refractivity contribution in [1.29, 1.82) is 0 Å². The van der Waals surface area contributed by atoms with Gasteiger partial charge in [0.05, 0.1) is 0 Å². The van der Waals surface area contributed by atoms with Crippen molar-refractivity contribution in [2.75, 3.05) is 0 Å². The van der Waals surface area contributed by atoms with Gasteiger partial charge in [-0.25, -0.2) is 0 Å². The van der Waals surface area contributed by atoms with Crippen molar-refractivity contribution in [2.45, 2.75) is 134 Å². The molecule has 2 atom stereocenters. The quantitative estimate of drug-likeness (QED) is 0.103. The van der Waals surface area contributed by atoms with E-state index in [4.69, 9.17) is 9.98 Å². The Hall–Kier alpha value is -4.40. The van der Waals surface area contributed by atoms with Crippen molar-refractivity contribution in [3.8, 4) is 11.5 Å². The van der Waals surface area contributed by atoms with Gasteiger partial charge in [-0.1, -0.05) is 47.6 Å². The molecule has 0 spiro atoms. The van der Waals surface area contributed by atoms with Crippen LogP contribution in [0.15, 0.2) is 125 Å². The maximum absolute atomic E-state index is 12.0. The van der Waals surface area contributed by atoms with Gasteiger partial charge in [-0.3, -0.25) is 0 Å². The van der Waals surface area contributed by atoms with E-state index in [1.165, 1.54) is 24.2 Å². The number of nitrogens with zero attached hydrogens (tertiary/aromatic N) is 2. The fourth-order valence-corrected chi connectivity index (χ4v) is 17.5. The van der Waals surface area contributed by atoms with Crippen molar-refractivity contribution in [3.63, 3.8) is 0 Å². The zero-order chi connectivity index (χ0) is 41.7. The Morgan fingerprint density at radius 2 is 0.966 bits per heavy atom. The molecule has 1 fully saturated rings. The minimum atomic E-state index is -2.89. The number of phenols is 2. The van der Waals surface area contributed by atoms with Crippen molar-refractivity contribution >= 4 is 39.0 Å². The molecular formula is C53H66AsN2O2. The van der Waals surface area contributed by atoms with Crippen LogP contribution in [0.1, 0.15) is 128 Å². The van der Waals surface area contributed by atoms with Crippen LogP contribution in [0, 0.1) is 0 Å². The Balaban J connectivity index is 1.31. The number of aromatic hydroxyl groups is 2. The molecule has 2 N–H and O–H groups in total. The molecule has 2 unspecified atom stereocenters. The Morgan fingerprint density at radius 3 is 1.38 bits per heavy atom. The summed E-state index contributed by atoms with van der Waals surface area (Å²) in [5.74, 6) is 0.648. The van der Waals surface area contributed by atoms with Gasteiger partial charge in [-0.05, 0) is 22.5 Å². The molecule has 0 amide bonds. The zero-order valence-corrected chi connectivity index (χ0v) is 38.3. The molecule has 58 heavy (non-hydrogen) atoms. The van der Waals surface area contributed by atoms with Crippen LogP contribution in [0.4, 0.5) is 0 Å². The van der Waals surface area contributed by atoms with Crippen molar-refractivity contribution in [3.05, 3.63) is 149 Å². The topological polar surface area (TPSA) is 65.2 Å². The van der Waals surface area contributed by atoms with Gasteiger partial charge in [0.2, 0.25) is 0 Å². The van der Waals surface area contributed by atoms with Crippen LogP contribution >= 0.6 is 0 Å². The molecule has 5 aromatic carbocycles. The molecule has 5 heteroatoms. The SMILES string of the molecule is CC(C)(C)c1cc(C=NC2CCCCC2N=Cc2cc(C(C)(C)C)cc(C(C)(C)C)c2O)c(O)c(CCC[As](c2ccccc2)(c2ccccc2)c2ccccc2)c1. The monoisotopic (exact) mass is 837 g/mol. The van der Waals surface area contributed by atoms with Gasteiger partial charge < -0.3 is 5.11 Å². The number of hydrogen-bond acceptors (Lipinski definition) is 4. The first kappa shape index (κ1) is 43.2. The molecular weight excluding hydrogens is 772 g/mol. The van der Waals surface area contributed by atoms with Crippen LogP contribution in [-0.4, -0.2) is 48.3 Å². The number of phenolic OH excluding ortho intramolecular Hbond substituents is 2. The molecule has 6 rings (SSSR count). The molecule has 0 bridgehead atoms. The summed E-state index contributed by atoms with van der Waals surface area (Å²) in [6.45, 7) is 19.8. The van der Waals surface area contributed by atoms with E-state index in [9.17, 15) is 10.2 Å². The average molecular weight is 838 g/mol. The number of aryl methyl sites for hydroxylation is 1. The molecule has 305 valence electrons. The van der Waals surface area contributed by atoms with E-state index >= 15 is 0 Å². The number of benzene rings is 5. The van der Waals surface area contributed by atoms with E-state index in [2.05, 4.69) is 178 Å². The minimum absolute atomic E-state index is 0.00131. The van der Waals surface area contributed by atoms with E-state index < -0.39 is 13.6 Å². The Kier molecular flexibility index (Phi) is 13.3. The fraction of sp³-hybridized carbons (Fsp3) is 0.396. The fourth-order valence-electron chi connectivity index (χ4n) is 8.38. The van der Waals surface area contributed by atoms with E-state index in [1.807, 2.05) is 12.4 Å². The molecule has 0 heterocycles. The molecule has 1 saturated carbocycles. The molecule has 0 aliphatic heterocycles. The van der Waals surface area contributed by atoms with E-state index in [-0.39, 0.29) is 28.3 Å². The first-order valence-corrected chi connectivity index (χ1v) is 25.5. The third-order valence-corrected chi connectivity index (χ3v) is 21.4. The van der Waals surface area contributed by atoms with Gasteiger partial charge >= 0.3 is 262 Å². The first-order valence-electron chi connectivity index (χ1n) is 21.3. The van der Waals surface area contributed by atoms with Crippen molar-refractivity contribution in [2.24, 2.45) is 9.98 Å². The molecule has 0 saturated heterocycles. The van der Waals surface area contributed by atoms with Crippen LogP contribution < -0.4 is 13.1 Å². The number of hydrogen-bond donors (Lipinski definition) is 2. The van der Waals surface area contributed by atoms with E-state index in [1.54, 1.807) is 0 Å². The summed E-state index contributed by atoms with van der Waals surface area (Å²) in [6, 6.07) is 42.0. The summed E-state index contributed by atoms with van der Waals surface area (Å²) in [5, 5.41) is 24.5. The maximum atomic E-state index is 12.0. The summed E-state index contributed by atoms with van der Waals surface area (Å²) >= 11 is -2.89. The van der Waals surface area contributed by atoms with Crippen LogP contribution in [-0.2, 0) is 22.7 Å². The Labute approximate surface area is 352 Å². The second-order valence-corrected chi connectivity index (χ2v) is 27.0. The van der Waals surface area contributed by atoms with Crippen molar-refractivity contribution < 1.29 is 10.2 Å². The second-order valence-electron chi connectivity index (χ2n) is 19.4. The predicted octanol–water partition coefficient (Wildman–Crippen LogP) is 10.9. The van der Waals surface area contributed by atoms with Crippen LogP contribution in [0.2, 0.25) is 5.21 Å².